The van der Waals surface area contributed by atoms with E-state index in [0.717, 1.165) is 139 Å². The summed E-state index contributed by atoms with van der Waals surface area (Å²) in [5, 5.41) is 20.7. The number of carbonyl (C=O) groups excluding carboxylic acids is 2. The van der Waals surface area contributed by atoms with Gasteiger partial charge in [-0.3, -0.25) is 0 Å². The average Bonchev–Trinajstić information content (AvgIpc) is 1.63. The van der Waals surface area contributed by atoms with E-state index in [1.165, 1.54) is 11.6 Å². The number of H-pyrrole nitrogens is 1. The smallest absolute Gasteiger partial charge is 0.313 e. The maximum absolute atomic E-state index is 13.2. The highest BCUT2D eigenvalue weighted by molar-refractivity contribution is 7.90. The number of fused-ring (bicyclic) bond motifs is 6. The van der Waals surface area contributed by atoms with Crippen LogP contribution in [0.3, 0.4) is 0 Å². The number of hydrogen-bond donors (Lipinski definition) is 1. The molecule has 35 heteroatoms. The Morgan fingerprint density at radius 3 is 1.52 bits per heavy atom. The minimum absolute atomic E-state index is 0.0404. The Morgan fingerprint density at radius 1 is 0.608 bits per heavy atom. The van der Waals surface area contributed by atoms with E-state index in [4.69, 9.17) is 20.0 Å². The van der Waals surface area contributed by atoms with Gasteiger partial charge >= 0.3 is 7.41 Å². The zero-order valence-corrected chi connectivity index (χ0v) is 61.8. The third-order valence-electron chi connectivity index (χ3n) is 20.2. The number of aromatic amines is 1. The van der Waals surface area contributed by atoms with Gasteiger partial charge in [-0.2, -0.15) is 23.2 Å². The first-order chi connectivity index (χ1) is 45.9. The lowest BCUT2D eigenvalue weighted by Gasteiger charge is -2.42. The second kappa shape index (κ2) is 29.9. The Morgan fingerprint density at radius 2 is 1.06 bits per heavy atom. The number of nitrogens with zero attached hydrogens (tertiary/aromatic N) is 17. The number of hydrogen-bond acceptors (Lipinski definition) is 21. The Balaban J connectivity index is 0.000000160. The second-order valence-corrected chi connectivity index (χ2v) is 47.2. The fourth-order valence-corrected chi connectivity index (χ4v) is 20.6. The van der Waals surface area contributed by atoms with Gasteiger partial charge in [0.05, 0.1) is 59.4 Å². The zero-order valence-electron chi connectivity index (χ0n) is 57.3. The maximum Gasteiger partial charge on any atom is 0.313 e. The molecule has 97 heavy (non-hydrogen) atoms. The molecule has 6 fully saturated rings. The molecule has 0 spiro atoms. The van der Waals surface area contributed by atoms with Crippen molar-refractivity contribution < 1.29 is 44.3 Å². The first-order valence-corrected chi connectivity index (χ1v) is 45.3. The highest BCUT2D eigenvalue weighted by Crippen LogP contribution is 2.47. The Bertz CT molecular complexity index is 4220. The molecular formula is C62H92B2N18O10S3Si2. The maximum atomic E-state index is 13.2. The van der Waals surface area contributed by atoms with E-state index >= 15 is 0 Å². The molecule has 0 aromatic carbocycles. The van der Waals surface area contributed by atoms with Crippen LogP contribution in [0.15, 0.2) is 55.8 Å². The standard InChI is InChI=1S/C23H35BN7O4SSi.C22H35BN5O4SSi.C17H22N6O2S/c1-23-14-28(8-5-19(23)13-30(15-23)36(33,34)31(10-7-25)24-16-32)21-20-6-9-29(22(20)27-17-26-21)18-35-11-12-37(2,3)4;1-22-12-26(7-5-18(22)11-28(13-22)33(30,31)15-23-14-29)20-19-6-8-27(21(19)25-16-24-20)17-32-9-10-34(2,3)4;1-17-10-22(16-14-3-6-19-15(14)20-12-21-16)7-4-13(17)9-23(11-17)26(24,25)8-2-5-18/h6,9,16-17,19H,5,8,10-15,18H2,1-4H3;6,8,14,16,18H,5,7,9-13,15,17H2,1-4H3;3,6,12-13H,2,4,7-11H2,1H3,(H,19,20,21)/t19-,23+;18-,22+;13-,17+/m111/s1. The molecule has 6 saturated heterocycles. The third kappa shape index (κ3) is 16.8. The van der Waals surface area contributed by atoms with E-state index in [1.54, 1.807) is 27.6 Å². The number of aromatic nitrogens is 9. The zero-order chi connectivity index (χ0) is 69.8. The number of sulfonamides is 2. The van der Waals surface area contributed by atoms with Crippen molar-refractivity contribution in [1.82, 2.24) is 61.2 Å². The molecule has 12 heterocycles. The Labute approximate surface area is 574 Å². The van der Waals surface area contributed by atoms with E-state index < -0.39 is 52.9 Å². The van der Waals surface area contributed by atoms with E-state index in [1.807, 2.05) is 58.1 Å². The monoisotopic (exact) mass is 1420 g/mol. The summed E-state index contributed by atoms with van der Waals surface area (Å²) < 4.78 is 97.9. The van der Waals surface area contributed by atoms with Crippen molar-refractivity contribution in [3.63, 3.8) is 0 Å². The molecule has 12 rings (SSSR count). The fraction of sp³-hybridized carbons (Fsp3) is 0.645. The summed E-state index contributed by atoms with van der Waals surface area (Å²) in [7, 11) is -11.0. The Hall–Kier alpha value is -6.25. The molecule has 0 saturated carbocycles. The summed E-state index contributed by atoms with van der Waals surface area (Å²) in [4.78, 5) is 58.4. The van der Waals surface area contributed by atoms with E-state index in [0.29, 0.717) is 77.6 Å². The van der Waals surface area contributed by atoms with Crippen LogP contribution in [-0.2, 0) is 62.8 Å². The molecule has 6 aromatic rings. The molecular weight excluding hydrogens is 1330 g/mol. The van der Waals surface area contributed by atoms with Gasteiger partial charge in [-0.15, -0.1) is 0 Å². The van der Waals surface area contributed by atoms with E-state index in [9.17, 15) is 34.8 Å². The van der Waals surface area contributed by atoms with Gasteiger partial charge in [0.15, 0.2) is 0 Å². The molecule has 0 aliphatic carbocycles. The molecule has 0 unspecified atom stereocenters. The van der Waals surface area contributed by atoms with Crippen molar-refractivity contribution in [3.8, 4) is 12.1 Å². The van der Waals surface area contributed by atoms with Crippen molar-refractivity contribution in [2.24, 2.45) is 34.0 Å². The van der Waals surface area contributed by atoms with Gasteiger partial charge in [0, 0.05) is 148 Å². The van der Waals surface area contributed by atoms with Gasteiger partial charge in [0.25, 0.3) is 10.2 Å². The quantitative estimate of drug-likeness (QED) is 0.0333. The number of rotatable bonds is 25. The van der Waals surface area contributed by atoms with Crippen LogP contribution in [0.4, 0.5) is 17.5 Å². The molecule has 6 aliphatic rings. The van der Waals surface area contributed by atoms with Crippen LogP contribution in [0.2, 0.25) is 51.4 Å². The van der Waals surface area contributed by atoms with Crippen LogP contribution in [0.1, 0.15) is 46.5 Å². The van der Waals surface area contributed by atoms with Crippen molar-refractivity contribution in [1.29, 1.82) is 10.5 Å². The minimum atomic E-state index is -3.96. The first-order valence-electron chi connectivity index (χ1n) is 33.2. The van der Waals surface area contributed by atoms with Crippen molar-refractivity contribution in [2.75, 3.05) is 124 Å². The van der Waals surface area contributed by atoms with Crippen LogP contribution >= 0.6 is 0 Å². The molecule has 6 aromatic heterocycles. The van der Waals surface area contributed by atoms with Crippen LogP contribution in [0.5, 0.6) is 0 Å². The summed E-state index contributed by atoms with van der Waals surface area (Å²) in [6, 6.07) is 12.0. The van der Waals surface area contributed by atoms with Crippen LogP contribution < -0.4 is 14.7 Å². The summed E-state index contributed by atoms with van der Waals surface area (Å²) >= 11 is 0. The number of nitrogens with one attached hydrogen (secondary N) is 1. The van der Waals surface area contributed by atoms with Gasteiger partial charge in [-0.25, -0.2) is 59.6 Å². The molecule has 28 nitrogen and oxygen atoms in total. The normalized spacial score (nSPS) is 24.2. The van der Waals surface area contributed by atoms with Crippen LogP contribution in [0.25, 0.3) is 33.1 Å². The summed E-state index contributed by atoms with van der Waals surface area (Å²) in [6.45, 7) is 29.7. The van der Waals surface area contributed by atoms with Gasteiger partial charge in [-0.1, -0.05) is 60.1 Å². The summed E-state index contributed by atoms with van der Waals surface area (Å²) in [5.41, 5.74) is 1.66. The van der Waals surface area contributed by atoms with Crippen molar-refractivity contribution >= 4 is 124 Å². The summed E-state index contributed by atoms with van der Waals surface area (Å²) in [6.07, 6.45) is 14.2. The van der Waals surface area contributed by atoms with Crippen molar-refractivity contribution in [3.05, 3.63) is 55.8 Å². The first kappa shape index (κ1) is 73.5. The van der Waals surface area contributed by atoms with Crippen LogP contribution in [0, 0.1) is 56.7 Å². The number of nitriles is 2. The van der Waals surface area contributed by atoms with Gasteiger partial charge in [0.1, 0.15) is 66.8 Å². The number of carbonyl (C=O) groups is 2. The van der Waals surface area contributed by atoms with E-state index in [-0.39, 0.29) is 45.9 Å². The summed E-state index contributed by atoms with van der Waals surface area (Å²) in [5.74, 6) is 3.33. The number of ether oxygens (including phenoxy) is 2. The highest BCUT2D eigenvalue weighted by Gasteiger charge is 2.53. The van der Waals surface area contributed by atoms with Gasteiger partial charge < -0.3 is 47.9 Å². The Kier molecular flexibility index (Phi) is 22.7. The fourth-order valence-electron chi connectivity index (χ4n) is 14.6. The molecule has 6 atom stereocenters. The lowest BCUT2D eigenvalue weighted by Crippen LogP contribution is -2.48. The lowest BCUT2D eigenvalue weighted by atomic mass is 9.75. The highest BCUT2D eigenvalue weighted by atomic mass is 32.2. The van der Waals surface area contributed by atoms with Gasteiger partial charge in [0.2, 0.25) is 27.3 Å². The molecule has 0 amide bonds. The molecule has 6 aliphatic heterocycles. The third-order valence-corrected chi connectivity index (χ3v) is 28.9. The van der Waals surface area contributed by atoms with Crippen molar-refractivity contribution in [2.45, 2.75) is 111 Å². The lowest BCUT2D eigenvalue weighted by molar-refractivity contribution is 0.0898. The average molecular weight is 1420 g/mol. The second-order valence-electron chi connectivity index (χ2n) is 30.0. The molecule has 522 valence electrons. The van der Waals surface area contributed by atoms with Crippen LogP contribution in [-0.4, -0.2) is 239 Å². The largest absolute Gasteiger partial charge is 0.361 e. The van der Waals surface area contributed by atoms with E-state index in [2.05, 4.69) is 110 Å². The van der Waals surface area contributed by atoms with Gasteiger partial charge in [-0.05, 0) is 67.3 Å². The molecule has 2 radical (unpaired) electrons. The number of piperidine rings is 3. The SMILES string of the molecule is C[C@@]12CN(c3ncnc4[nH]ccc34)CC[C@@H]1CN(S(=O)(=O)CCC#N)C2.C[C@@]12CN(c3ncnc4c3ccn4COCC[Si](C)(C)C)CC[C@@H]1CN(S(=O)(=O)C[B]C=O)C2.C[C@@]12CN(c3ncnc4c3ccn4COCC[Si](C)(C)C)CC[C@@H]1CN(S(=O)(=O)N([B]C=O)CC#N)C2. The molecule has 0 bridgehead atoms. The predicted molar refractivity (Wildman–Crippen MR) is 381 cm³/mol. The number of anilines is 3. The molecule has 1 N–H and O–H groups in total. The predicted octanol–water partition coefficient (Wildman–Crippen LogP) is 5.19. The topological polar surface area (TPSA) is 328 Å². The minimum Gasteiger partial charge on any atom is -0.361 e.